The fourth-order valence-electron chi connectivity index (χ4n) is 3.22. The van der Waals surface area contributed by atoms with Gasteiger partial charge < -0.3 is 25.2 Å². The SMILES string of the molecule is NC(=O)c1nc(CNC(=O)C2CCc3sc(N4CCOCC4)nc3C2)no1. The van der Waals surface area contributed by atoms with E-state index in [1.165, 1.54) is 4.88 Å². The van der Waals surface area contributed by atoms with Crippen LogP contribution in [0.1, 0.15) is 33.5 Å². The summed E-state index contributed by atoms with van der Waals surface area (Å²) >= 11 is 1.72. The van der Waals surface area contributed by atoms with Crippen LogP contribution in [0.3, 0.4) is 0 Å². The topological polar surface area (TPSA) is 136 Å². The van der Waals surface area contributed by atoms with Gasteiger partial charge in [0.1, 0.15) is 0 Å². The standard InChI is InChI=1S/C16H20N6O4S/c17-13(23)15-20-12(21-26-15)8-18-14(24)9-1-2-11-10(7-9)19-16(27-11)22-3-5-25-6-4-22/h9H,1-8H2,(H2,17,23)(H,18,24). The normalized spacial score (nSPS) is 19.6. The highest BCUT2D eigenvalue weighted by molar-refractivity contribution is 7.15. The van der Waals surface area contributed by atoms with Crippen LogP contribution in [0.4, 0.5) is 5.13 Å². The largest absolute Gasteiger partial charge is 0.378 e. The number of hydrogen-bond donors (Lipinski definition) is 2. The van der Waals surface area contributed by atoms with Gasteiger partial charge in [0.2, 0.25) is 5.91 Å². The number of anilines is 1. The van der Waals surface area contributed by atoms with E-state index in [2.05, 4.69) is 20.4 Å². The number of nitrogens with one attached hydrogen (secondary N) is 1. The molecule has 10 nitrogen and oxygen atoms in total. The van der Waals surface area contributed by atoms with E-state index >= 15 is 0 Å². The molecule has 1 unspecified atom stereocenters. The van der Waals surface area contributed by atoms with E-state index in [-0.39, 0.29) is 30.1 Å². The van der Waals surface area contributed by atoms with Crippen molar-refractivity contribution in [3.8, 4) is 0 Å². The van der Waals surface area contributed by atoms with Crippen LogP contribution in [0.2, 0.25) is 0 Å². The van der Waals surface area contributed by atoms with E-state index in [0.717, 1.165) is 50.0 Å². The Kier molecular flexibility index (Phi) is 5.03. The number of primary amides is 1. The van der Waals surface area contributed by atoms with Gasteiger partial charge in [-0.1, -0.05) is 5.16 Å². The zero-order valence-corrected chi connectivity index (χ0v) is 15.5. The van der Waals surface area contributed by atoms with Gasteiger partial charge in [0.05, 0.1) is 25.5 Å². The molecule has 3 heterocycles. The Morgan fingerprint density at radius 3 is 2.85 bits per heavy atom. The summed E-state index contributed by atoms with van der Waals surface area (Å²) in [6.07, 6.45) is 2.26. The lowest BCUT2D eigenvalue weighted by Crippen LogP contribution is -2.36. The molecule has 3 N–H and O–H groups in total. The van der Waals surface area contributed by atoms with Gasteiger partial charge in [0.15, 0.2) is 11.0 Å². The summed E-state index contributed by atoms with van der Waals surface area (Å²) in [6, 6.07) is 0. The first-order valence-electron chi connectivity index (χ1n) is 8.81. The number of rotatable bonds is 5. The third-order valence-electron chi connectivity index (χ3n) is 4.68. The minimum absolute atomic E-state index is 0.0769. The quantitative estimate of drug-likeness (QED) is 0.719. The van der Waals surface area contributed by atoms with Gasteiger partial charge in [-0.2, -0.15) is 4.98 Å². The Morgan fingerprint density at radius 2 is 2.11 bits per heavy atom. The molecule has 11 heteroatoms. The Bertz CT molecular complexity index is 844. The number of carbonyl (C=O) groups excluding carboxylic acids is 2. The Labute approximate surface area is 159 Å². The minimum atomic E-state index is -0.792. The first kappa shape index (κ1) is 17.9. The maximum absolute atomic E-state index is 12.5. The molecule has 0 aromatic carbocycles. The molecule has 4 rings (SSSR count). The van der Waals surface area contributed by atoms with Gasteiger partial charge in [-0.05, 0) is 12.8 Å². The fraction of sp³-hybridized carbons (Fsp3) is 0.562. The predicted molar refractivity (Wildman–Crippen MR) is 95.3 cm³/mol. The molecular weight excluding hydrogens is 372 g/mol. The van der Waals surface area contributed by atoms with Crippen molar-refractivity contribution in [2.24, 2.45) is 11.7 Å². The predicted octanol–water partition coefficient (Wildman–Crippen LogP) is -0.117. The van der Waals surface area contributed by atoms with Crippen LogP contribution < -0.4 is 16.0 Å². The number of hydrogen-bond acceptors (Lipinski definition) is 9. The van der Waals surface area contributed by atoms with Gasteiger partial charge in [0.25, 0.3) is 0 Å². The van der Waals surface area contributed by atoms with Crippen LogP contribution >= 0.6 is 11.3 Å². The summed E-state index contributed by atoms with van der Waals surface area (Å²) in [4.78, 5) is 35.5. The molecule has 2 aromatic heterocycles. The third-order valence-corrected chi connectivity index (χ3v) is 5.90. The summed E-state index contributed by atoms with van der Waals surface area (Å²) < 4.78 is 10.1. The highest BCUT2D eigenvalue weighted by Crippen LogP contribution is 2.34. The van der Waals surface area contributed by atoms with Gasteiger partial charge in [-0.25, -0.2) is 4.98 Å². The van der Waals surface area contributed by atoms with Gasteiger partial charge >= 0.3 is 11.8 Å². The van der Waals surface area contributed by atoms with Crippen molar-refractivity contribution in [1.82, 2.24) is 20.4 Å². The van der Waals surface area contributed by atoms with E-state index in [4.69, 9.17) is 20.0 Å². The molecule has 1 aliphatic carbocycles. The van der Waals surface area contributed by atoms with Crippen molar-refractivity contribution in [2.45, 2.75) is 25.8 Å². The van der Waals surface area contributed by atoms with Crippen molar-refractivity contribution in [3.05, 3.63) is 22.3 Å². The molecule has 0 bridgehead atoms. The van der Waals surface area contributed by atoms with E-state index in [0.29, 0.717) is 6.42 Å². The van der Waals surface area contributed by atoms with Crippen LogP contribution in [0.5, 0.6) is 0 Å². The Balaban J connectivity index is 1.34. The number of carbonyl (C=O) groups is 2. The average Bonchev–Trinajstić information content (AvgIpc) is 3.33. The smallest absolute Gasteiger partial charge is 0.315 e. The molecule has 1 atom stereocenters. The Morgan fingerprint density at radius 1 is 1.30 bits per heavy atom. The van der Waals surface area contributed by atoms with Crippen molar-refractivity contribution in [2.75, 3.05) is 31.2 Å². The summed E-state index contributed by atoms with van der Waals surface area (Å²) in [5.41, 5.74) is 6.08. The molecule has 0 radical (unpaired) electrons. The molecule has 2 aromatic rings. The van der Waals surface area contributed by atoms with E-state index in [1.807, 2.05) is 0 Å². The van der Waals surface area contributed by atoms with Crippen LogP contribution in [0, 0.1) is 5.92 Å². The highest BCUT2D eigenvalue weighted by Gasteiger charge is 2.29. The van der Waals surface area contributed by atoms with Crippen molar-refractivity contribution < 1.29 is 18.8 Å². The van der Waals surface area contributed by atoms with E-state index < -0.39 is 5.91 Å². The third kappa shape index (κ3) is 3.93. The molecule has 2 amide bonds. The number of amides is 2. The van der Waals surface area contributed by atoms with Gasteiger partial charge in [0, 0.05) is 30.3 Å². The molecule has 1 fully saturated rings. The second kappa shape index (κ2) is 7.61. The summed E-state index contributed by atoms with van der Waals surface area (Å²) in [6.45, 7) is 3.25. The van der Waals surface area contributed by atoms with Crippen molar-refractivity contribution >= 4 is 28.3 Å². The van der Waals surface area contributed by atoms with Crippen LogP contribution in [0.15, 0.2) is 4.52 Å². The number of nitrogens with two attached hydrogens (primary N) is 1. The molecule has 2 aliphatic rings. The molecule has 0 spiro atoms. The number of morpholine rings is 1. The number of aryl methyl sites for hydroxylation is 1. The maximum atomic E-state index is 12.5. The maximum Gasteiger partial charge on any atom is 0.315 e. The molecule has 144 valence electrons. The number of thiazole rings is 1. The second-order valence-electron chi connectivity index (χ2n) is 6.50. The van der Waals surface area contributed by atoms with Crippen molar-refractivity contribution in [3.63, 3.8) is 0 Å². The number of fused-ring (bicyclic) bond motifs is 1. The molecule has 27 heavy (non-hydrogen) atoms. The van der Waals surface area contributed by atoms with Crippen molar-refractivity contribution in [1.29, 1.82) is 0 Å². The van der Waals surface area contributed by atoms with Crippen LogP contribution in [0.25, 0.3) is 0 Å². The second-order valence-corrected chi connectivity index (χ2v) is 7.57. The van der Waals surface area contributed by atoms with E-state index in [1.54, 1.807) is 11.3 Å². The Hall–Kier alpha value is -2.53. The zero-order chi connectivity index (χ0) is 18.8. The van der Waals surface area contributed by atoms with Gasteiger partial charge in [-0.15, -0.1) is 11.3 Å². The fourth-order valence-corrected chi connectivity index (χ4v) is 4.37. The molecule has 1 saturated heterocycles. The monoisotopic (exact) mass is 392 g/mol. The van der Waals surface area contributed by atoms with Gasteiger partial charge in [-0.3, -0.25) is 9.59 Å². The summed E-state index contributed by atoms with van der Waals surface area (Å²) in [7, 11) is 0. The summed E-state index contributed by atoms with van der Waals surface area (Å²) in [5.74, 6) is -1.05. The number of aromatic nitrogens is 3. The highest BCUT2D eigenvalue weighted by atomic mass is 32.1. The van der Waals surface area contributed by atoms with Crippen LogP contribution in [-0.4, -0.2) is 53.2 Å². The molecule has 0 saturated carbocycles. The summed E-state index contributed by atoms with van der Waals surface area (Å²) in [5, 5.41) is 7.44. The van der Waals surface area contributed by atoms with Crippen LogP contribution in [-0.2, 0) is 28.9 Å². The first-order chi connectivity index (χ1) is 13.1. The first-order valence-corrected chi connectivity index (χ1v) is 9.63. The lowest BCUT2D eigenvalue weighted by atomic mass is 9.90. The average molecular weight is 392 g/mol. The lowest BCUT2D eigenvalue weighted by Gasteiger charge is -2.26. The van der Waals surface area contributed by atoms with E-state index in [9.17, 15) is 9.59 Å². The zero-order valence-electron chi connectivity index (χ0n) is 14.6. The minimum Gasteiger partial charge on any atom is -0.378 e. The molecule has 1 aliphatic heterocycles. The lowest BCUT2D eigenvalue weighted by molar-refractivity contribution is -0.125. The number of ether oxygens (including phenoxy) is 1. The number of nitrogens with zero attached hydrogens (tertiary/aromatic N) is 4. The molecular formula is C16H20N6O4S.